The lowest BCUT2D eigenvalue weighted by Gasteiger charge is -2.22. The average molecular weight is 235 g/mol. The summed E-state index contributed by atoms with van der Waals surface area (Å²) in [6.07, 6.45) is 2.61. The van der Waals surface area contributed by atoms with Gasteiger partial charge in [0.15, 0.2) is 0 Å². The zero-order valence-electron chi connectivity index (χ0n) is 10.8. The van der Waals surface area contributed by atoms with Crippen LogP contribution in [-0.4, -0.2) is 14.2 Å². The second-order valence-corrected chi connectivity index (χ2v) is 4.83. The van der Waals surface area contributed by atoms with Crippen LogP contribution in [0.3, 0.4) is 0 Å². The van der Waals surface area contributed by atoms with Crippen molar-refractivity contribution >= 4 is 0 Å². The van der Waals surface area contributed by atoms with E-state index in [1.807, 2.05) is 18.2 Å². The molecule has 2 rings (SSSR count). The normalized spacial score (nSPS) is 18.6. The molecule has 1 saturated carbocycles. The van der Waals surface area contributed by atoms with Crippen molar-refractivity contribution in [3.05, 3.63) is 23.8 Å². The Hall–Kier alpha value is -1.22. The first-order valence-electron chi connectivity index (χ1n) is 6.15. The van der Waals surface area contributed by atoms with E-state index in [4.69, 9.17) is 15.2 Å². The molecule has 3 heteroatoms. The highest BCUT2D eigenvalue weighted by molar-refractivity contribution is 5.42. The average Bonchev–Trinajstić information content (AvgIpc) is 3.20. The predicted octanol–water partition coefficient (Wildman–Crippen LogP) is 2.75. The van der Waals surface area contributed by atoms with Crippen molar-refractivity contribution in [2.45, 2.75) is 25.8 Å². The van der Waals surface area contributed by atoms with Gasteiger partial charge in [0.25, 0.3) is 0 Å². The number of hydrogen-bond acceptors (Lipinski definition) is 3. The third-order valence-electron chi connectivity index (χ3n) is 3.73. The second kappa shape index (κ2) is 4.96. The van der Waals surface area contributed by atoms with Gasteiger partial charge < -0.3 is 15.2 Å². The molecule has 0 heterocycles. The van der Waals surface area contributed by atoms with Crippen LogP contribution >= 0.6 is 0 Å². The Morgan fingerprint density at radius 1 is 1.24 bits per heavy atom. The fraction of sp³-hybridized carbons (Fsp3) is 0.571. The van der Waals surface area contributed by atoms with Crippen LogP contribution in [0, 0.1) is 11.8 Å². The van der Waals surface area contributed by atoms with Crippen LogP contribution in [0.5, 0.6) is 11.5 Å². The second-order valence-electron chi connectivity index (χ2n) is 4.83. The zero-order valence-corrected chi connectivity index (χ0v) is 10.8. The maximum absolute atomic E-state index is 6.34. The van der Waals surface area contributed by atoms with E-state index in [1.54, 1.807) is 14.2 Å². The topological polar surface area (TPSA) is 44.5 Å². The monoisotopic (exact) mass is 235 g/mol. The summed E-state index contributed by atoms with van der Waals surface area (Å²) in [6, 6.07) is 5.83. The smallest absolute Gasteiger partial charge is 0.123 e. The molecule has 0 spiro atoms. The standard InChI is InChI=1S/C14H21NO2/c1-9(10-4-5-10)14(15)12-8-11(16-2)6-7-13(12)17-3/h6-10,14H,4-5,15H2,1-3H3. The Bertz CT molecular complexity index is 388. The van der Waals surface area contributed by atoms with Crippen LogP contribution in [0.25, 0.3) is 0 Å². The molecule has 2 N–H and O–H groups in total. The van der Waals surface area contributed by atoms with Gasteiger partial charge in [0.2, 0.25) is 0 Å². The number of hydrogen-bond donors (Lipinski definition) is 1. The Morgan fingerprint density at radius 3 is 2.47 bits per heavy atom. The first-order chi connectivity index (χ1) is 8.17. The quantitative estimate of drug-likeness (QED) is 0.853. The molecule has 1 aromatic carbocycles. The predicted molar refractivity (Wildman–Crippen MR) is 68.4 cm³/mol. The lowest BCUT2D eigenvalue weighted by Crippen LogP contribution is -2.21. The highest BCUT2D eigenvalue weighted by Gasteiger charge is 2.33. The highest BCUT2D eigenvalue weighted by atomic mass is 16.5. The summed E-state index contributed by atoms with van der Waals surface area (Å²) in [4.78, 5) is 0. The molecule has 0 bridgehead atoms. The molecular formula is C14H21NO2. The van der Waals surface area contributed by atoms with E-state index in [9.17, 15) is 0 Å². The third-order valence-corrected chi connectivity index (χ3v) is 3.73. The molecule has 94 valence electrons. The van der Waals surface area contributed by atoms with Crippen molar-refractivity contribution in [3.8, 4) is 11.5 Å². The van der Waals surface area contributed by atoms with Gasteiger partial charge in [-0.25, -0.2) is 0 Å². The summed E-state index contributed by atoms with van der Waals surface area (Å²) >= 11 is 0. The van der Waals surface area contributed by atoms with Crippen molar-refractivity contribution < 1.29 is 9.47 Å². The number of rotatable bonds is 5. The highest BCUT2D eigenvalue weighted by Crippen LogP contribution is 2.43. The first-order valence-corrected chi connectivity index (χ1v) is 6.15. The molecule has 0 aliphatic heterocycles. The Labute approximate surface area is 103 Å². The van der Waals surface area contributed by atoms with Gasteiger partial charge >= 0.3 is 0 Å². The molecule has 1 fully saturated rings. The molecular weight excluding hydrogens is 214 g/mol. The van der Waals surface area contributed by atoms with Crippen LogP contribution in [0.2, 0.25) is 0 Å². The van der Waals surface area contributed by atoms with Gasteiger partial charge in [0.1, 0.15) is 11.5 Å². The van der Waals surface area contributed by atoms with Gasteiger partial charge in [-0.05, 0) is 42.9 Å². The molecule has 1 aromatic rings. The maximum atomic E-state index is 6.34. The summed E-state index contributed by atoms with van der Waals surface area (Å²) in [5.74, 6) is 2.96. The summed E-state index contributed by atoms with van der Waals surface area (Å²) in [5.41, 5.74) is 7.39. The lowest BCUT2D eigenvalue weighted by molar-refractivity contribution is 0.370. The van der Waals surface area contributed by atoms with Gasteiger partial charge in [-0.1, -0.05) is 6.92 Å². The Kier molecular flexibility index (Phi) is 3.57. The van der Waals surface area contributed by atoms with E-state index in [2.05, 4.69) is 6.92 Å². The summed E-state index contributed by atoms with van der Waals surface area (Å²) < 4.78 is 10.6. The molecule has 1 aliphatic carbocycles. The fourth-order valence-corrected chi connectivity index (χ4v) is 2.30. The maximum Gasteiger partial charge on any atom is 0.123 e. The van der Waals surface area contributed by atoms with Crippen LogP contribution in [0.1, 0.15) is 31.4 Å². The molecule has 3 nitrogen and oxygen atoms in total. The molecule has 0 amide bonds. The minimum absolute atomic E-state index is 0.0209. The van der Waals surface area contributed by atoms with Crippen molar-refractivity contribution in [1.29, 1.82) is 0 Å². The van der Waals surface area contributed by atoms with Gasteiger partial charge in [-0.3, -0.25) is 0 Å². The van der Waals surface area contributed by atoms with Crippen molar-refractivity contribution in [3.63, 3.8) is 0 Å². The summed E-state index contributed by atoms with van der Waals surface area (Å²) in [7, 11) is 3.35. The minimum Gasteiger partial charge on any atom is -0.497 e. The van der Waals surface area contributed by atoms with E-state index in [-0.39, 0.29) is 6.04 Å². The van der Waals surface area contributed by atoms with Crippen molar-refractivity contribution in [2.24, 2.45) is 17.6 Å². The van der Waals surface area contributed by atoms with E-state index < -0.39 is 0 Å². The van der Waals surface area contributed by atoms with E-state index in [0.717, 1.165) is 23.0 Å². The van der Waals surface area contributed by atoms with Crippen molar-refractivity contribution in [2.75, 3.05) is 14.2 Å². The molecule has 1 aliphatic rings. The molecule has 2 unspecified atom stereocenters. The van der Waals surface area contributed by atoms with Gasteiger partial charge in [0.05, 0.1) is 14.2 Å². The van der Waals surface area contributed by atoms with E-state index >= 15 is 0 Å². The lowest BCUT2D eigenvalue weighted by atomic mass is 9.91. The zero-order chi connectivity index (χ0) is 12.4. The number of nitrogens with two attached hydrogens (primary N) is 1. The Balaban J connectivity index is 2.27. The number of ether oxygens (including phenoxy) is 2. The SMILES string of the molecule is COc1ccc(OC)c(C(N)C(C)C2CC2)c1. The molecule has 0 saturated heterocycles. The van der Waals surface area contributed by atoms with Crippen LogP contribution in [0.4, 0.5) is 0 Å². The van der Waals surface area contributed by atoms with Gasteiger partial charge in [-0.15, -0.1) is 0 Å². The largest absolute Gasteiger partial charge is 0.497 e. The summed E-state index contributed by atoms with van der Waals surface area (Å²) in [6.45, 7) is 2.22. The molecule has 17 heavy (non-hydrogen) atoms. The summed E-state index contributed by atoms with van der Waals surface area (Å²) in [5, 5.41) is 0. The van der Waals surface area contributed by atoms with Gasteiger partial charge in [-0.2, -0.15) is 0 Å². The van der Waals surface area contributed by atoms with Crippen LogP contribution < -0.4 is 15.2 Å². The van der Waals surface area contributed by atoms with E-state index in [0.29, 0.717) is 5.92 Å². The molecule has 0 aromatic heterocycles. The van der Waals surface area contributed by atoms with E-state index in [1.165, 1.54) is 12.8 Å². The van der Waals surface area contributed by atoms with Gasteiger partial charge in [0, 0.05) is 11.6 Å². The van der Waals surface area contributed by atoms with Crippen LogP contribution in [-0.2, 0) is 0 Å². The number of benzene rings is 1. The van der Waals surface area contributed by atoms with Crippen LogP contribution in [0.15, 0.2) is 18.2 Å². The fourth-order valence-electron chi connectivity index (χ4n) is 2.30. The van der Waals surface area contributed by atoms with Crippen molar-refractivity contribution in [1.82, 2.24) is 0 Å². The first kappa shape index (κ1) is 12.2. The number of methoxy groups -OCH3 is 2. The third kappa shape index (κ3) is 2.55. The molecule has 2 atom stereocenters. The molecule has 0 radical (unpaired) electrons. The minimum atomic E-state index is 0.0209. The Morgan fingerprint density at radius 2 is 1.94 bits per heavy atom.